The van der Waals surface area contributed by atoms with Crippen molar-refractivity contribution in [2.75, 3.05) is 23.8 Å². The lowest BCUT2D eigenvalue weighted by molar-refractivity contribution is 0.120. The zero-order chi connectivity index (χ0) is 17.2. The van der Waals surface area contributed by atoms with Crippen LogP contribution in [0.3, 0.4) is 0 Å². The quantitative estimate of drug-likeness (QED) is 0.661. The van der Waals surface area contributed by atoms with E-state index < -0.39 is 0 Å². The molecule has 0 unspecified atom stereocenters. The molecule has 25 heavy (non-hydrogen) atoms. The predicted molar refractivity (Wildman–Crippen MR) is 98.3 cm³/mol. The predicted octanol–water partition coefficient (Wildman–Crippen LogP) is 3.30. The standard InChI is InChI=1S/C18H22N6O/c1-11-5-6-13(8-12(11)2)21-16-15-10-20-24-17(15)23-18(22-16)19-9-14-4-3-7-25-14/h5-6,8,10,14H,3-4,7,9H2,1-2H3,(H3,19,20,21,22,23,24)/t14-/m0/s1. The lowest BCUT2D eigenvalue weighted by Gasteiger charge is -2.13. The maximum absolute atomic E-state index is 5.64. The van der Waals surface area contributed by atoms with Crippen LogP contribution in [0, 0.1) is 13.8 Å². The molecule has 1 atom stereocenters. The van der Waals surface area contributed by atoms with Crippen LogP contribution in [0.1, 0.15) is 24.0 Å². The molecule has 2 aromatic heterocycles. The Hall–Kier alpha value is -2.67. The van der Waals surface area contributed by atoms with Gasteiger partial charge < -0.3 is 15.4 Å². The summed E-state index contributed by atoms with van der Waals surface area (Å²) in [5, 5.41) is 14.5. The number of rotatable bonds is 5. The van der Waals surface area contributed by atoms with E-state index in [1.54, 1.807) is 6.20 Å². The van der Waals surface area contributed by atoms with Crippen molar-refractivity contribution in [3.8, 4) is 0 Å². The monoisotopic (exact) mass is 338 g/mol. The Balaban J connectivity index is 1.59. The molecule has 4 rings (SSSR count). The summed E-state index contributed by atoms with van der Waals surface area (Å²) in [4.78, 5) is 9.13. The first-order valence-electron chi connectivity index (χ1n) is 8.60. The van der Waals surface area contributed by atoms with Crippen LogP contribution < -0.4 is 10.6 Å². The van der Waals surface area contributed by atoms with Crippen molar-refractivity contribution in [3.63, 3.8) is 0 Å². The van der Waals surface area contributed by atoms with Gasteiger partial charge in [-0.1, -0.05) is 6.07 Å². The number of benzene rings is 1. The molecule has 1 aliphatic heterocycles. The van der Waals surface area contributed by atoms with E-state index in [4.69, 9.17) is 4.74 Å². The topological polar surface area (TPSA) is 87.8 Å². The van der Waals surface area contributed by atoms with Crippen LogP contribution in [0.2, 0.25) is 0 Å². The molecule has 1 fully saturated rings. The lowest BCUT2D eigenvalue weighted by Crippen LogP contribution is -2.19. The fourth-order valence-corrected chi connectivity index (χ4v) is 2.98. The van der Waals surface area contributed by atoms with Gasteiger partial charge >= 0.3 is 0 Å². The van der Waals surface area contributed by atoms with Gasteiger partial charge in [0.1, 0.15) is 5.82 Å². The number of nitrogens with zero attached hydrogens (tertiary/aromatic N) is 3. The molecule has 3 aromatic rings. The minimum atomic E-state index is 0.234. The smallest absolute Gasteiger partial charge is 0.226 e. The van der Waals surface area contributed by atoms with Crippen molar-refractivity contribution in [2.24, 2.45) is 0 Å². The second kappa shape index (κ2) is 6.68. The minimum Gasteiger partial charge on any atom is -0.376 e. The van der Waals surface area contributed by atoms with E-state index in [1.165, 1.54) is 11.1 Å². The molecular weight excluding hydrogens is 316 g/mol. The first-order valence-corrected chi connectivity index (χ1v) is 8.60. The van der Waals surface area contributed by atoms with Gasteiger partial charge in [0.15, 0.2) is 5.65 Å². The van der Waals surface area contributed by atoms with E-state index in [-0.39, 0.29) is 6.10 Å². The molecule has 7 nitrogen and oxygen atoms in total. The highest BCUT2D eigenvalue weighted by molar-refractivity contribution is 5.89. The SMILES string of the molecule is Cc1ccc(Nc2nc(NC[C@@H]3CCCO3)nc3[nH]ncc23)cc1C. The van der Waals surface area contributed by atoms with Gasteiger partial charge in [-0.2, -0.15) is 15.1 Å². The van der Waals surface area contributed by atoms with Gasteiger partial charge in [0.2, 0.25) is 5.95 Å². The van der Waals surface area contributed by atoms with Gasteiger partial charge in [0, 0.05) is 18.8 Å². The Bertz CT molecular complexity index is 884. The second-order valence-corrected chi connectivity index (χ2v) is 6.47. The zero-order valence-corrected chi connectivity index (χ0v) is 14.5. The molecule has 0 aliphatic carbocycles. The van der Waals surface area contributed by atoms with Crippen molar-refractivity contribution >= 4 is 28.5 Å². The normalized spacial score (nSPS) is 17.1. The summed E-state index contributed by atoms with van der Waals surface area (Å²) in [5.41, 5.74) is 4.20. The summed E-state index contributed by atoms with van der Waals surface area (Å²) in [7, 11) is 0. The molecule has 0 saturated carbocycles. The Labute approximate surface area is 146 Å². The Kier molecular flexibility index (Phi) is 4.23. The van der Waals surface area contributed by atoms with Gasteiger partial charge in [0.25, 0.3) is 0 Å². The zero-order valence-electron chi connectivity index (χ0n) is 14.5. The van der Waals surface area contributed by atoms with Gasteiger partial charge in [-0.3, -0.25) is 5.10 Å². The molecule has 0 spiro atoms. The number of hydrogen-bond donors (Lipinski definition) is 3. The van der Waals surface area contributed by atoms with Crippen molar-refractivity contribution in [3.05, 3.63) is 35.5 Å². The van der Waals surface area contributed by atoms with Crippen LogP contribution in [0.15, 0.2) is 24.4 Å². The number of anilines is 3. The minimum absolute atomic E-state index is 0.234. The largest absolute Gasteiger partial charge is 0.376 e. The van der Waals surface area contributed by atoms with E-state index in [2.05, 4.69) is 62.8 Å². The third kappa shape index (κ3) is 3.41. The Morgan fingerprint density at radius 1 is 1.24 bits per heavy atom. The van der Waals surface area contributed by atoms with Crippen LogP contribution in [0.5, 0.6) is 0 Å². The molecular formula is C18H22N6O. The maximum atomic E-state index is 5.64. The highest BCUT2D eigenvalue weighted by Crippen LogP contribution is 2.25. The summed E-state index contributed by atoms with van der Waals surface area (Å²) >= 11 is 0. The third-order valence-electron chi connectivity index (χ3n) is 4.59. The van der Waals surface area contributed by atoms with Crippen LogP contribution in [-0.4, -0.2) is 39.4 Å². The number of fused-ring (bicyclic) bond motifs is 1. The van der Waals surface area contributed by atoms with Gasteiger partial charge in [-0.15, -0.1) is 0 Å². The van der Waals surface area contributed by atoms with Crippen molar-refractivity contribution in [2.45, 2.75) is 32.8 Å². The lowest BCUT2D eigenvalue weighted by atomic mass is 10.1. The van der Waals surface area contributed by atoms with E-state index in [0.29, 0.717) is 18.1 Å². The highest BCUT2D eigenvalue weighted by Gasteiger charge is 2.16. The third-order valence-corrected chi connectivity index (χ3v) is 4.59. The molecule has 7 heteroatoms. The van der Waals surface area contributed by atoms with Crippen LogP contribution in [-0.2, 0) is 4.74 Å². The van der Waals surface area contributed by atoms with Crippen LogP contribution >= 0.6 is 0 Å². The molecule has 0 amide bonds. The molecule has 1 saturated heterocycles. The maximum Gasteiger partial charge on any atom is 0.226 e. The number of hydrogen-bond acceptors (Lipinski definition) is 6. The first kappa shape index (κ1) is 15.8. The number of ether oxygens (including phenoxy) is 1. The van der Waals surface area contributed by atoms with Crippen molar-refractivity contribution in [1.29, 1.82) is 0 Å². The average Bonchev–Trinajstić information content (AvgIpc) is 3.27. The Morgan fingerprint density at radius 2 is 2.16 bits per heavy atom. The van der Waals surface area contributed by atoms with E-state index >= 15 is 0 Å². The summed E-state index contributed by atoms with van der Waals surface area (Å²) in [6, 6.07) is 6.26. The van der Waals surface area contributed by atoms with E-state index in [0.717, 1.165) is 36.3 Å². The molecule has 3 N–H and O–H groups in total. The average molecular weight is 338 g/mol. The summed E-state index contributed by atoms with van der Waals surface area (Å²) in [6.07, 6.45) is 4.17. The van der Waals surface area contributed by atoms with E-state index in [1.807, 2.05) is 0 Å². The summed E-state index contributed by atoms with van der Waals surface area (Å²) in [6.45, 7) is 5.75. The van der Waals surface area contributed by atoms with Gasteiger partial charge in [0.05, 0.1) is 17.7 Å². The first-order chi connectivity index (χ1) is 12.2. The number of aromatic amines is 1. The van der Waals surface area contributed by atoms with Crippen LogP contribution in [0.25, 0.3) is 11.0 Å². The fraction of sp³-hybridized carbons (Fsp3) is 0.389. The number of aromatic nitrogens is 4. The number of nitrogens with one attached hydrogen (secondary N) is 3. The fourth-order valence-electron chi connectivity index (χ4n) is 2.98. The number of H-pyrrole nitrogens is 1. The summed E-state index contributed by atoms with van der Waals surface area (Å²) < 4.78 is 5.64. The molecule has 1 aromatic carbocycles. The van der Waals surface area contributed by atoms with Crippen LogP contribution in [0.4, 0.5) is 17.5 Å². The van der Waals surface area contributed by atoms with Crippen molar-refractivity contribution in [1.82, 2.24) is 20.2 Å². The van der Waals surface area contributed by atoms with E-state index in [9.17, 15) is 0 Å². The van der Waals surface area contributed by atoms with Gasteiger partial charge in [-0.05, 0) is 49.9 Å². The summed E-state index contributed by atoms with van der Waals surface area (Å²) in [5.74, 6) is 1.30. The number of aryl methyl sites for hydroxylation is 2. The molecule has 0 bridgehead atoms. The second-order valence-electron chi connectivity index (χ2n) is 6.47. The molecule has 130 valence electrons. The molecule has 3 heterocycles. The van der Waals surface area contributed by atoms with Gasteiger partial charge in [-0.25, -0.2) is 0 Å². The highest BCUT2D eigenvalue weighted by atomic mass is 16.5. The Morgan fingerprint density at radius 3 is 2.96 bits per heavy atom. The molecule has 0 radical (unpaired) electrons. The molecule has 1 aliphatic rings. The van der Waals surface area contributed by atoms with Crippen molar-refractivity contribution < 1.29 is 4.74 Å².